The number of carboxylic acid groups (broad SMARTS) is 1. The van der Waals surface area contributed by atoms with Gasteiger partial charge in [-0.2, -0.15) is 0 Å². The van der Waals surface area contributed by atoms with Crippen molar-refractivity contribution in [1.82, 2.24) is 0 Å². The summed E-state index contributed by atoms with van der Waals surface area (Å²) < 4.78 is 12.9. The lowest BCUT2D eigenvalue weighted by Gasteiger charge is -2.57. The highest BCUT2D eigenvalue weighted by molar-refractivity contribution is 6.32. The average Bonchev–Trinajstić information content (AvgIpc) is 2.95. The number of rotatable bonds is 10. The van der Waals surface area contributed by atoms with E-state index in [1.165, 1.54) is 44.1 Å². The third-order valence-corrected chi connectivity index (χ3v) is 9.86. The first-order valence-corrected chi connectivity index (χ1v) is 15.5. The Balaban J connectivity index is 1.50. The smallest absolute Gasteiger partial charge is 0.328 e. The van der Waals surface area contributed by atoms with Crippen LogP contribution in [-0.4, -0.2) is 17.7 Å². The second-order valence-electron chi connectivity index (χ2n) is 12.3. The normalized spacial score (nSPS) is 24.6. The Morgan fingerprint density at radius 2 is 1.66 bits per heavy atom. The third-order valence-electron chi connectivity index (χ3n) is 9.52. The Morgan fingerprint density at radius 1 is 0.976 bits per heavy atom. The SMILES string of the molecule is CCOc1c(C=CC(=O)O)cc(Cl)c(CC)c1-c1ccc(OCc2ccccc2)c(C23CC4CC(CC(C4)C2)C3)c1. The number of halogens is 1. The number of hydrogen-bond acceptors (Lipinski definition) is 3. The van der Waals surface area contributed by atoms with E-state index >= 15 is 0 Å². The van der Waals surface area contributed by atoms with Crippen LogP contribution in [0.4, 0.5) is 0 Å². The zero-order valence-corrected chi connectivity index (χ0v) is 24.8. The van der Waals surface area contributed by atoms with Crippen LogP contribution < -0.4 is 9.47 Å². The zero-order valence-electron chi connectivity index (χ0n) is 24.0. The first kappa shape index (κ1) is 27.9. The summed E-state index contributed by atoms with van der Waals surface area (Å²) >= 11 is 6.86. The predicted octanol–water partition coefficient (Wildman–Crippen LogP) is 9.11. The number of hydrogen-bond donors (Lipinski definition) is 1. The summed E-state index contributed by atoms with van der Waals surface area (Å²) in [7, 11) is 0. The Hall–Kier alpha value is -3.24. The minimum absolute atomic E-state index is 0.125. The van der Waals surface area contributed by atoms with Crippen LogP contribution in [0.15, 0.2) is 60.7 Å². The Morgan fingerprint density at radius 3 is 2.27 bits per heavy atom. The molecule has 41 heavy (non-hydrogen) atoms. The number of benzene rings is 3. The summed E-state index contributed by atoms with van der Waals surface area (Å²) in [5.41, 5.74) is 6.29. The van der Waals surface area contributed by atoms with Crippen molar-refractivity contribution < 1.29 is 19.4 Å². The van der Waals surface area contributed by atoms with Crippen molar-refractivity contribution in [2.75, 3.05) is 6.61 Å². The van der Waals surface area contributed by atoms with Gasteiger partial charge in [-0.15, -0.1) is 0 Å². The Labute approximate surface area is 248 Å². The fraction of sp³-hybridized carbons (Fsp3) is 0.417. The molecule has 0 heterocycles. The minimum Gasteiger partial charge on any atom is -0.493 e. The van der Waals surface area contributed by atoms with Gasteiger partial charge in [0, 0.05) is 27.8 Å². The van der Waals surface area contributed by atoms with E-state index < -0.39 is 5.97 Å². The lowest BCUT2D eigenvalue weighted by molar-refractivity contribution is -0.131. The highest BCUT2D eigenvalue weighted by atomic mass is 35.5. The molecular formula is C36H39ClO4. The molecule has 0 radical (unpaired) electrons. The zero-order chi connectivity index (χ0) is 28.6. The minimum atomic E-state index is -1.01. The molecule has 5 heteroatoms. The van der Waals surface area contributed by atoms with Gasteiger partial charge in [-0.05, 0) is 116 Å². The molecule has 0 atom stereocenters. The Bertz CT molecular complexity index is 1420. The molecule has 4 aliphatic rings. The fourth-order valence-corrected chi connectivity index (χ4v) is 8.67. The van der Waals surface area contributed by atoms with Crippen molar-refractivity contribution >= 4 is 23.6 Å². The summed E-state index contributed by atoms with van der Waals surface area (Å²) in [4.78, 5) is 11.4. The average molecular weight is 571 g/mol. The van der Waals surface area contributed by atoms with Crippen LogP contribution in [0, 0.1) is 17.8 Å². The van der Waals surface area contributed by atoms with E-state index in [2.05, 4.69) is 49.4 Å². The topological polar surface area (TPSA) is 55.8 Å². The van der Waals surface area contributed by atoms with E-state index in [-0.39, 0.29) is 5.41 Å². The molecule has 4 bridgehead atoms. The summed E-state index contributed by atoms with van der Waals surface area (Å²) in [5.74, 6) is 3.06. The van der Waals surface area contributed by atoms with Crippen LogP contribution in [-0.2, 0) is 23.2 Å². The highest BCUT2D eigenvalue weighted by Gasteiger charge is 2.52. The van der Waals surface area contributed by atoms with Crippen LogP contribution in [0.25, 0.3) is 17.2 Å². The number of carbonyl (C=O) groups is 1. The van der Waals surface area contributed by atoms with Gasteiger partial charge in [0.05, 0.1) is 6.61 Å². The van der Waals surface area contributed by atoms with Crippen molar-refractivity contribution in [2.24, 2.45) is 17.8 Å². The maximum absolute atomic E-state index is 11.4. The van der Waals surface area contributed by atoms with Crippen LogP contribution in [0.1, 0.15) is 74.6 Å². The van der Waals surface area contributed by atoms with Gasteiger partial charge < -0.3 is 14.6 Å². The monoisotopic (exact) mass is 570 g/mol. The van der Waals surface area contributed by atoms with Gasteiger partial charge in [-0.3, -0.25) is 0 Å². The van der Waals surface area contributed by atoms with Crippen molar-refractivity contribution in [1.29, 1.82) is 0 Å². The van der Waals surface area contributed by atoms with Crippen molar-refractivity contribution in [3.05, 3.63) is 87.9 Å². The molecular weight excluding hydrogens is 532 g/mol. The first-order chi connectivity index (χ1) is 19.9. The summed E-state index contributed by atoms with van der Waals surface area (Å²) in [6.45, 7) is 5.05. The second kappa shape index (κ2) is 11.6. The van der Waals surface area contributed by atoms with E-state index in [1.807, 2.05) is 19.1 Å². The molecule has 0 aliphatic heterocycles. The molecule has 4 aliphatic carbocycles. The standard InChI is InChI=1S/C36H39ClO4/c1-3-29-31(37)18-28(11-13-33(38)39)35(40-4-2)34(29)27-10-12-32(41-22-23-8-6-5-7-9-23)30(17-27)36-19-24-14-25(20-36)16-26(15-24)21-36/h5-13,17-18,24-26H,3-4,14-16,19-22H2,1-2H3,(H,38,39). The highest BCUT2D eigenvalue weighted by Crippen LogP contribution is 2.62. The molecule has 3 aromatic carbocycles. The van der Waals surface area contributed by atoms with E-state index in [0.29, 0.717) is 29.5 Å². The largest absolute Gasteiger partial charge is 0.493 e. The molecule has 1 N–H and O–H groups in total. The number of carboxylic acids is 1. The van der Waals surface area contributed by atoms with Gasteiger partial charge >= 0.3 is 5.97 Å². The van der Waals surface area contributed by atoms with Crippen LogP contribution in [0.2, 0.25) is 5.02 Å². The predicted molar refractivity (Wildman–Crippen MR) is 165 cm³/mol. The lowest BCUT2D eigenvalue weighted by Crippen LogP contribution is -2.48. The van der Waals surface area contributed by atoms with Gasteiger partial charge in [0.2, 0.25) is 0 Å². The summed E-state index contributed by atoms with van der Waals surface area (Å²) in [5, 5.41) is 9.95. The molecule has 0 unspecified atom stereocenters. The molecule has 3 aromatic rings. The third kappa shape index (κ3) is 5.51. The van der Waals surface area contributed by atoms with Crippen molar-refractivity contribution in [2.45, 2.75) is 70.8 Å². The van der Waals surface area contributed by atoms with Crippen LogP contribution in [0.5, 0.6) is 11.5 Å². The molecule has 4 saturated carbocycles. The fourth-order valence-electron chi connectivity index (χ4n) is 8.33. The number of aliphatic carboxylic acids is 1. The van der Waals surface area contributed by atoms with E-state index in [9.17, 15) is 9.90 Å². The van der Waals surface area contributed by atoms with Gasteiger partial charge in [-0.25, -0.2) is 4.79 Å². The van der Waals surface area contributed by atoms with Crippen molar-refractivity contribution in [3.8, 4) is 22.6 Å². The van der Waals surface area contributed by atoms with Gasteiger partial charge in [0.15, 0.2) is 0 Å². The quantitative estimate of drug-likeness (QED) is 0.247. The van der Waals surface area contributed by atoms with Gasteiger partial charge in [0.1, 0.15) is 18.1 Å². The molecule has 0 amide bonds. The van der Waals surface area contributed by atoms with Crippen LogP contribution in [0.3, 0.4) is 0 Å². The maximum atomic E-state index is 11.4. The molecule has 7 rings (SSSR count). The Kier molecular flexibility index (Phi) is 7.87. The molecule has 0 aromatic heterocycles. The van der Waals surface area contributed by atoms with E-state index in [0.717, 1.165) is 58.3 Å². The second-order valence-corrected chi connectivity index (χ2v) is 12.7. The molecule has 0 spiro atoms. The molecule has 0 saturated heterocycles. The summed E-state index contributed by atoms with van der Waals surface area (Å²) in [6.07, 6.45) is 11.3. The molecule has 4 nitrogen and oxygen atoms in total. The van der Waals surface area contributed by atoms with Crippen molar-refractivity contribution in [3.63, 3.8) is 0 Å². The van der Waals surface area contributed by atoms with Gasteiger partial charge in [0.25, 0.3) is 0 Å². The summed E-state index contributed by atoms with van der Waals surface area (Å²) in [6, 6.07) is 18.8. The van der Waals surface area contributed by atoms with Crippen LogP contribution >= 0.6 is 11.6 Å². The first-order valence-electron chi connectivity index (χ1n) is 15.1. The maximum Gasteiger partial charge on any atom is 0.328 e. The lowest BCUT2D eigenvalue weighted by atomic mass is 9.48. The molecule has 4 fully saturated rings. The van der Waals surface area contributed by atoms with Gasteiger partial charge in [-0.1, -0.05) is 54.9 Å². The van der Waals surface area contributed by atoms with E-state index in [4.69, 9.17) is 21.1 Å². The molecule has 214 valence electrons. The van der Waals surface area contributed by atoms with E-state index in [1.54, 1.807) is 6.08 Å². The number of ether oxygens (including phenoxy) is 2.